The van der Waals surface area contributed by atoms with E-state index in [0.29, 0.717) is 15.6 Å². The van der Waals surface area contributed by atoms with Crippen LogP contribution >= 0.6 is 27.5 Å². The van der Waals surface area contributed by atoms with E-state index in [1.54, 1.807) is 31.4 Å². The minimum Gasteiger partial charge on any atom is -0.497 e. The molecule has 0 heterocycles. The first-order chi connectivity index (χ1) is 18.2. The van der Waals surface area contributed by atoms with E-state index in [4.69, 9.17) is 20.8 Å². The summed E-state index contributed by atoms with van der Waals surface area (Å²) in [5.41, 5.74) is 0.446. The first-order valence-corrected chi connectivity index (χ1v) is 17.0. The maximum absolute atomic E-state index is 15.7. The predicted octanol–water partition coefficient (Wildman–Crippen LogP) is 8.33. The predicted molar refractivity (Wildman–Crippen MR) is 163 cm³/mol. The molecule has 0 aromatic heterocycles. The Hall–Kier alpha value is -2.19. The Morgan fingerprint density at radius 3 is 2.18 bits per heavy atom. The Morgan fingerprint density at radius 2 is 1.62 bits per heavy atom. The van der Waals surface area contributed by atoms with Gasteiger partial charge >= 0.3 is 0 Å². The molecule has 39 heavy (non-hydrogen) atoms. The Labute approximate surface area is 246 Å². The second-order valence-electron chi connectivity index (χ2n) is 11.6. The lowest BCUT2D eigenvalue weighted by molar-refractivity contribution is -0.126. The van der Waals surface area contributed by atoms with E-state index >= 15 is 4.39 Å². The first kappa shape index (κ1) is 31.3. The minimum atomic E-state index is -2.31. The lowest BCUT2D eigenvalue weighted by Gasteiger charge is -2.47. The summed E-state index contributed by atoms with van der Waals surface area (Å²) in [5.74, 6) is -0.170. The van der Waals surface area contributed by atoms with Crippen molar-refractivity contribution in [3.8, 4) is 5.75 Å². The van der Waals surface area contributed by atoms with Crippen LogP contribution in [0.1, 0.15) is 44.4 Å². The number of hydrogen-bond donors (Lipinski definition) is 1. The Bertz CT molecular complexity index is 1280. The molecular formula is C31H38BrClFNO3Si. The van der Waals surface area contributed by atoms with Crippen LogP contribution in [0.2, 0.25) is 18.1 Å². The van der Waals surface area contributed by atoms with Gasteiger partial charge in [0.15, 0.2) is 13.2 Å². The molecule has 0 radical (unpaired) electrons. The minimum absolute atomic E-state index is 0.0468. The third-order valence-corrected chi connectivity index (χ3v) is 13.7. The van der Waals surface area contributed by atoms with Gasteiger partial charge in [0, 0.05) is 23.0 Å². The summed E-state index contributed by atoms with van der Waals surface area (Å²) in [4.78, 5) is 12.5. The summed E-state index contributed by atoms with van der Waals surface area (Å²) < 4.78 is 28.3. The molecule has 0 spiro atoms. The van der Waals surface area contributed by atoms with Crippen molar-refractivity contribution in [1.29, 1.82) is 0 Å². The molecule has 1 amide bonds. The average molecular weight is 635 g/mol. The Kier molecular flexibility index (Phi) is 9.74. The van der Waals surface area contributed by atoms with Crippen molar-refractivity contribution in [2.45, 2.75) is 62.7 Å². The van der Waals surface area contributed by atoms with Crippen molar-refractivity contribution in [2.24, 2.45) is 0 Å². The number of carbonyl (C=O) groups is 1. The van der Waals surface area contributed by atoms with Gasteiger partial charge in [0.1, 0.15) is 11.6 Å². The van der Waals surface area contributed by atoms with Crippen LogP contribution in [-0.2, 0) is 26.1 Å². The SMILES string of the molecule is COc1ccc(CNC(=O)C(Cl)(c2ccccc2)[C@@](C)(CO[Si](C)(C)C(C)(C)C)c2cc(Br)ccc2F)cc1. The van der Waals surface area contributed by atoms with Gasteiger partial charge in [-0.15, -0.1) is 11.6 Å². The highest BCUT2D eigenvalue weighted by atomic mass is 79.9. The molecule has 0 bridgehead atoms. The molecule has 4 nitrogen and oxygen atoms in total. The second kappa shape index (κ2) is 12.1. The lowest BCUT2D eigenvalue weighted by atomic mass is 9.68. The molecule has 1 unspecified atom stereocenters. The van der Waals surface area contributed by atoms with E-state index in [0.717, 1.165) is 11.3 Å². The van der Waals surface area contributed by atoms with E-state index in [1.165, 1.54) is 6.07 Å². The van der Waals surface area contributed by atoms with Gasteiger partial charge in [0.25, 0.3) is 0 Å². The molecule has 0 aliphatic heterocycles. The maximum atomic E-state index is 15.7. The molecule has 3 aromatic rings. The Balaban J connectivity index is 2.15. The number of alkyl halides is 1. The van der Waals surface area contributed by atoms with Crippen LogP contribution < -0.4 is 10.1 Å². The van der Waals surface area contributed by atoms with Gasteiger partial charge in [0.05, 0.1) is 7.11 Å². The first-order valence-electron chi connectivity index (χ1n) is 12.9. The quantitative estimate of drug-likeness (QED) is 0.180. The number of methoxy groups -OCH3 is 1. The number of ether oxygens (including phenoxy) is 1. The molecule has 0 fully saturated rings. The summed E-state index contributed by atoms with van der Waals surface area (Å²) >= 11 is 11.1. The molecule has 3 aromatic carbocycles. The molecule has 0 aliphatic carbocycles. The maximum Gasteiger partial charge on any atom is 0.247 e. The van der Waals surface area contributed by atoms with Crippen molar-refractivity contribution in [2.75, 3.05) is 13.7 Å². The van der Waals surface area contributed by atoms with Crippen molar-refractivity contribution in [3.63, 3.8) is 0 Å². The molecule has 0 saturated heterocycles. The average Bonchev–Trinajstić information content (AvgIpc) is 2.91. The van der Waals surface area contributed by atoms with Gasteiger partial charge in [-0.25, -0.2) is 4.39 Å². The number of halogens is 3. The fourth-order valence-electron chi connectivity index (χ4n) is 4.24. The third-order valence-electron chi connectivity index (χ3n) is 7.91. The summed E-state index contributed by atoms with van der Waals surface area (Å²) in [6.07, 6.45) is 0. The van der Waals surface area contributed by atoms with Gasteiger partial charge in [-0.1, -0.05) is 86.1 Å². The van der Waals surface area contributed by atoms with Crippen LogP contribution in [0.4, 0.5) is 4.39 Å². The zero-order valence-corrected chi connectivity index (χ0v) is 27.0. The fraction of sp³-hybridized carbons (Fsp3) is 0.387. The number of nitrogens with one attached hydrogen (secondary N) is 1. The molecule has 0 saturated carbocycles. The summed E-state index contributed by atoms with van der Waals surface area (Å²) in [7, 11) is -0.706. The van der Waals surface area contributed by atoms with Gasteiger partial charge < -0.3 is 14.5 Å². The van der Waals surface area contributed by atoms with E-state index in [-0.39, 0.29) is 18.2 Å². The van der Waals surface area contributed by atoms with Crippen molar-refractivity contribution in [3.05, 3.63) is 99.8 Å². The highest BCUT2D eigenvalue weighted by molar-refractivity contribution is 9.10. The monoisotopic (exact) mass is 633 g/mol. The normalized spacial score (nSPS) is 15.2. The molecule has 0 aliphatic rings. The fourth-order valence-corrected chi connectivity index (χ4v) is 6.03. The summed E-state index contributed by atoms with van der Waals surface area (Å²) in [5, 5.41) is 2.93. The van der Waals surface area contributed by atoms with E-state index < -0.39 is 30.3 Å². The van der Waals surface area contributed by atoms with Gasteiger partial charge in [-0.2, -0.15) is 0 Å². The van der Waals surface area contributed by atoms with Crippen LogP contribution in [0.15, 0.2) is 77.3 Å². The highest BCUT2D eigenvalue weighted by Crippen LogP contribution is 2.50. The number of carbonyl (C=O) groups excluding carboxylic acids is 1. The molecule has 210 valence electrons. The van der Waals surface area contributed by atoms with Crippen LogP contribution in [0.3, 0.4) is 0 Å². The van der Waals surface area contributed by atoms with Crippen molar-refractivity contribution >= 4 is 41.8 Å². The largest absolute Gasteiger partial charge is 0.497 e. The molecular weight excluding hydrogens is 597 g/mol. The van der Waals surface area contributed by atoms with E-state index in [2.05, 4.69) is 55.1 Å². The highest BCUT2D eigenvalue weighted by Gasteiger charge is 2.57. The van der Waals surface area contributed by atoms with E-state index in [1.807, 2.05) is 49.4 Å². The Morgan fingerprint density at radius 1 is 1.00 bits per heavy atom. The number of rotatable bonds is 10. The van der Waals surface area contributed by atoms with Crippen LogP contribution in [0, 0.1) is 5.82 Å². The van der Waals surface area contributed by atoms with Gasteiger partial charge in [-0.3, -0.25) is 4.79 Å². The smallest absolute Gasteiger partial charge is 0.247 e. The summed E-state index contributed by atoms with van der Waals surface area (Å²) in [6, 6.07) is 21.3. The number of benzene rings is 3. The van der Waals surface area contributed by atoms with Gasteiger partial charge in [-0.05, 0) is 65.2 Å². The topological polar surface area (TPSA) is 47.6 Å². The van der Waals surface area contributed by atoms with Gasteiger partial charge in [0.2, 0.25) is 5.91 Å². The zero-order valence-electron chi connectivity index (χ0n) is 23.7. The lowest BCUT2D eigenvalue weighted by Crippen LogP contribution is -2.57. The molecule has 2 atom stereocenters. The van der Waals surface area contributed by atoms with Crippen LogP contribution in [-0.4, -0.2) is 27.9 Å². The van der Waals surface area contributed by atoms with E-state index in [9.17, 15) is 4.79 Å². The summed E-state index contributed by atoms with van der Waals surface area (Å²) in [6.45, 7) is 12.8. The molecule has 3 rings (SSSR count). The number of amides is 1. The molecule has 1 N–H and O–H groups in total. The standard InChI is InChI=1S/C31H38BrClFNO3Si/c1-29(2,3)39(6,7)38-21-30(4,26-19-24(32)15-18-27(26)34)31(33,23-11-9-8-10-12-23)28(36)35-20-22-13-16-25(37-5)17-14-22/h8-19H,20-21H2,1-7H3,(H,35,36)/t30-,31?/m0/s1. The van der Waals surface area contributed by atoms with Crippen molar-refractivity contribution < 1.29 is 18.3 Å². The zero-order chi connectivity index (χ0) is 29.1. The van der Waals surface area contributed by atoms with Crippen molar-refractivity contribution in [1.82, 2.24) is 5.32 Å². The van der Waals surface area contributed by atoms with Crippen LogP contribution in [0.25, 0.3) is 0 Å². The molecule has 8 heteroatoms. The second-order valence-corrected chi connectivity index (χ2v) is 17.9. The number of hydrogen-bond acceptors (Lipinski definition) is 3. The third kappa shape index (κ3) is 6.59. The van der Waals surface area contributed by atoms with Crippen LogP contribution in [0.5, 0.6) is 5.75 Å².